The van der Waals surface area contributed by atoms with E-state index in [0.717, 1.165) is 5.56 Å². The first-order valence-electron chi connectivity index (χ1n) is 10.8. The van der Waals surface area contributed by atoms with Crippen LogP contribution in [0.2, 0.25) is 10.0 Å². The van der Waals surface area contributed by atoms with Crippen molar-refractivity contribution in [3.63, 3.8) is 0 Å². The number of benzene rings is 2. The predicted octanol–water partition coefficient (Wildman–Crippen LogP) is 7.63. The summed E-state index contributed by atoms with van der Waals surface area (Å²) in [4.78, 5) is 13.3. The van der Waals surface area contributed by atoms with Gasteiger partial charge in [-0.05, 0) is 47.2 Å². The quantitative estimate of drug-likeness (QED) is 0.470. The van der Waals surface area contributed by atoms with Gasteiger partial charge in [0.1, 0.15) is 11.6 Å². The number of hydrogen-bond acceptors (Lipinski definition) is 2. The van der Waals surface area contributed by atoms with Gasteiger partial charge in [0.2, 0.25) is 5.91 Å². The first kappa shape index (κ1) is 29.2. The lowest BCUT2D eigenvalue weighted by Crippen LogP contribution is -2.21. The van der Waals surface area contributed by atoms with Crippen molar-refractivity contribution in [3.8, 4) is 5.75 Å². The van der Waals surface area contributed by atoms with Gasteiger partial charge in [-0.15, -0.1) is 0 Å². The summed E-state index contributed by atoms with van der Waals surface area (Å²) in [6, 6.07) is 6.59. The van der Waals surface area contributed by atoms with Crippen LogP contribution in [-0.4, -0.2) is 30.0 Å². The number of phenolic OH excluding ortho intramolecular Hbond substituents is 1. The number of rotatable bonds is 6. The molecule has 2 aromatic rings. The third-order valence-corrected chi connectivity index (χ3v) is 5.18. The number of halogens is 3. The van der Waals surface area contributed by atoms with Crippen LogP contribution in [-0.2, 0) is 17.6 Å². The lowest BCUT2D eigenvalue weighted by atomic mass is 9.95. The second kappa shape index (κ2) is 14.3. The van der Waals surface area contributed by atoms with Crippen LogP contribution in [0.3, 0.4) is 0 Å². The molecule has 1 N–H and O–H groups in total. The van der Waals surface area contributed by atoms with Gasteiger partial charge in [0.15, 0.2) is 0 Å². The van der Waals surface area contributed by atoms with Crippen molar-refractivity contribution in [2.24, 2.45) is 0 Å². The van der Waals surface area contributed by atoms with E-state index < -0.39 is 5.82 Å². The fraction of sp³-hybridized carbons (Fsp3) is 0.480. The van der Waals surface area contributed by atoms with E-state index in [-0.39, 0.29) is 24.0 Å². The lowest BCUT2D eigenvalue weighted by molar-refractivity contribution is -0.128. The second-order valence-electron chi connectivity index (χ2n) is 7.13. The highest BCUT2D eigenvalue weighted by atomic mass is 35.5. The molecule has 1 amide bonds. The fourth-order valence-corrected chi connectivity index (χ4v) is 3.61. The van der Waals surface area contributed by atoms with Gasteiger partial charge in [0, 0.05) is 42.5 Å². The highest BCUT2D eigenvalue weighted by molar-refractivity contribution is 6.36. The van der Waals surface area contributed by atoms with Gasteiger partial charge in [0.25, 0.3) is 0 Å². The van der Waals surface area contributed by atoms with Gasteiger partial charge >= 0.3 is 0 Å². The summed E-state index contributed by atoms with van der Waals surface area (Å²) in [5.74, 6) is -0.603. The van der Waals surface area contributed by atoms with E-state index in [1.54, 1.807) is 32.3 Å². The smallest absolute Gasteiger partial charge is 0.222 e. The first-order valence-corrected chi connectivity index (χ1v) is 11.5. The molecule has 6 heteroatoms. The molecule has 2 aromatic carbocycles. The van der Waals surface area contributed by atoms with Crippen LogP contribution in [0.1, 0.15) is 76.1 Å². The van der Waals surface area contributed by atoms with Crippen molar-refractivity contribution >= 4 is 29.1 Å². The van der Waals surface area contributed by atoms with Crippen molar-refractivity contribution in [2.45, 2.75) is 66.7 Å². The normalized spacial score (nSPS) is 10.1. The number of amides is 1. The summed E-state index contributed by atoms with van der Waals surface area (Å²) in [6.45, 7) is 11.7. The zero-order valence-corrected chi connectivity index (χ0v) is 21.5. The van der Waals surface area contributed by atoms with Crippen molar-refractivity contribution < 1.29 is 14.3 Å². The van der Waals surface area contributed by atoms with Crippen LogP contribution >= 0.6 is 23.2 Å². The third kappa shape index (κ3) is 8.34. The van der Waals surface area contributed by atoms with Crippen LogP contribution in [0.4, 0.5) is 4.39 Å². The Bertz CT molecular complexity index is 829. The van der Waals surface area contributed by atoms with Gasteiger partial charge < -0.3 is 10.0 Å². The third-order valence-electron chi connectivity index (χ3n) is 4.51. The Balaban J connectivity index is 0.00000212. The van der Waals surface area contributed by atoms with E-state index in [0.29, 0.717) is 39.6 Å². The summed E-state index contributed by atoms with van der Waals surface area (Å²) < 4.78 is 14.8. The Hall–Kier alpha value is -1.78. The standard InChI is InChI=1S/C21H24Cl2FNO2.2C2H6/c1-12(2)20-18(26)7-6-14(21(20)24)11-15-16(22)9-13(10-17(15)23)5-8-19(27)25(3)4;2*1-2/h6-7,9-10,12,26H,5,8,11H2,1-4H3;2*1-2H3. The van der Waals surface area contributed by atoms with Gasteiger partial charge in [0.05, 0.1) is 0 Å². The maximum Gasteiger partial charge on any atom is 0.222 e. The largest absolute Gasteiger partial charge is 0.508 e. The molecule has 0 aliphatic heterocycles. The van der Waals surface area contributed by atoms with E-state index in [2.05, 4.69) is 0 Å². The van der Waals surface area contributed by atoms with Crippen LogP contribution in [0.5, 0.6) is 5.75 Å². The molecule has 0 unspecified atom stereocenters. The van der Waals surface area contributed by atoms with Crippen LogP contribution in [0, 0.1) is 5.82 Å². The Morgan fingerprint density at radius 3 is 2.03 bits per heavy atom. The average Bonchev–Trinajstić information content (AvgIpc) is 2.73. The molecule has 0 aromatic heterocycles. The van der Waals surface area contributed by atoms with Gasteiger partial charge in [-0.3, -0.25) is 4.79 Å². The zero-order chi connectivity index (χ0) is 24.3. The molecule has 0 aliphatic rings. The number of hydrogen-bond donors (Lipinski definition) is 1. The molecule has 2 rings (SSSR count). The van der Waals surface area contributed by atoms with E-state index >= 15 is 0 Å². The second-order valence-corrected chi connectivity index (χ2v) is 7.94. The van der Waals surface area contributed by atoms with Crippen molar-refractivity contribution in [1.29, 1.82) is 0 Å². The molecular formula is C25H36Cl2FNO2. The van der Waals surface area contributed by atoms with E-state index in [9.17, 15) is 14.3 Å². The number of phenols is 1. The number of nitrogens with zero attached hydrogens (tertiary/aromatic N) is 1. The molecule has 0 radical (unpaired) electrons. The summed E-state index contributed by atoms with van der Waals surface area (Å²) in [7, 11) is 3.42. The van der Waals surface area contributed by atoms with Crippen LogP contribution < -0.4 is 0 Å². The van der Waals surface area contributed by atoms with E-state index in [1.165, 1.54) is 11.0 Å². The average molecular weight is 472 g/mol. The lowest BCUT2D eigenvalue weighted by Gasteiger charge is -2.15. The Labute approximate surface area is 197 Å². The van der Waals surface area contributed by atoms with E-state index in [1.807, 2.05) is 41.5 Å². The maximum atomic E-state index is 14.8. The molecular weight excluding hydrogens is 436 g/mol. The molecule has 31 heavy (non-hydrogen) atoms. The van der Waals surface area contributed by atoms with E-state index in [4.69, 9.17) is 23.2 Å². The molecule has 0 spiro atoms. The molecule has 174 valence electrons. The Morgan fingerprint density at radius 2 is 1.58 bits per heavy atom. The molecule has 0 heterocycles. The minimum atomic E-state index is -0.433. The molecule has 0 atom stereocenters. The summed E-state index contributed by atoms with van der Waals surface area (Å²) in [5, 5.41) is 10.8. The summed E-state index contributed by atoms with van der Waals surface area (Å²) >= 11 is 12.8. The van der Waals surface area contributed by atoms with Crippen LogP contribution in [0.15, 0.2) is 24.3 Å². The maximum absolute atomic E-state index is 14.8. The highest BCUT2D eigenvalue weighted by Gasteiger charge is 2.18. The first-order chi connectivity index (χ1) is 14.6. The molecule has 0 saturated heterocycles. The zero-order valence-electron chi connectivity index (χ0n) is 19.9. The number of carbonyl (C=O) groups is 1. The Kier molecular flexibility index (Phi) is 13.5. The number of aromatic hydroxyl groups is 1. The Morgan fingerprint density at radius 1 is 1.06 bits per heavy atom. The highest BCUT2D eigenvalue weighted by Crippen LogP contribution is 2.34. The molecule has 0 saturated carbocycles. The monoisotopic (exact) mass is 471 g/mol. The van der Waals surface area contributed by atoms with Gasteiger partial charge in [-0.1, -0.05) is 70.8 Å². The minimum absolute atomic E-state index is 0.0266. The number of carbonyl (C=O) groups excluding carboxylic acids is 1. The summed E-state index contributed by atoms with van der Waals surface area (Å²) in [5.41, 5.74) is 2.20. The summed E-state index contributed by atoms with van der Waals surface area (Å²) in [6.07, 6.45) is 1.12. The number of aryl methyl sites for hydroxylation is 1. The topological polar surface area (TPSA) is 40.5 Å². The SMILES string of the molecule is CC.CC.CC(C)c1c(O)ccc(Cc2c(Cl)cc(CCC(=O)N(C)C)cc2Cl)c1F. The van der Waals surface area contributed by atoms with Crippen LogP contribution in [0.25, 0.3) is 0 Å². The van der Waals surface area contributed by atoms with Crippen molar-refractivity contribution in [2.75, 3.05) is 14.1 Å². The molecule has 3 nitrogen and oxygen atoms in total. The molecule has 0 bridgehead atoms. The fourth-order valence-electron chi connectivity index (χ4n) is 2.95. The molecule has 0 fully saturated rings. The van der Waals surface area contributed by atoms with Crippen molar-refractivity contribution in [3.05, 3.63) is 62.4 Å². The van der Waals surface area contributed by atoms with Gasteiger partial charge in [-0.25, -0.2) is 4.39 Å². The minimum Gasteiger partial charge on any atom is -0.508 e. The van der Waals surface area contributed by atoms with Gasteiger partial charge in [-0.2, -0.15) is 0 Å². The molecule has 0 aliphatic carbocycles. The van der Waals surface area contributed by atoms with Crippen molar-refractivity contribution in [1.82, 2.24) is 4.90 Å². The predicted molar refractivity (Wildman–Crippen MR) is 131 cm³/mol.